The number of halogens is 3. The average molecular weight is 2150 g/mol. The molecular formula is C112H150Cl3N21O12S2. The monoisotopic (exact) mass is 2150 g/mol. The zero-order valence-corrected chi connectivity index (χ0v) is 93.6. The van der Waals surface area contributed by atoms with Crippen molar-refractivity contribution < 1.29 is 58.0 Å². The summed E-state index contributed by atoms with van der Waals surface area (Å²) in [4.78, 5) is 149. The van der Waals surface area contributed by atoms with Crippen LogP contribution in [0.4, 0.5) is 23.0 Å². The highest BCUT2D eigenvalue weighted by Gasteiger charge is 2.66. The number of ether oxygens (including phenoxy) is 2. The molecule has 16 rings (SSSR count). The molecule has 8 amide bonds. The molecule has 0 spiro atoms. The van der Waals surface area contributed by atoms with E-state index < -0.39 is 47.2 Å². The third kappa shape index (κ3) is 27.6. The number of aliphatic hydroxyl groups is 2. The van der Waals surface area contributed by atoms with Crippen LogP contribution in [0.1, 0.15) is 205 Å². The highest BCUT2D eigenvalue weighted by atomic mass is 35.5. The van der Waals surface area contributed by atoms with Crippen molar-refractivity contribution in [3.8, 4) is 32.4 Å². The van der Waals surface area contributed by atoms with Crippen molar-refractivity contribution in [3.05, 3.63) is 199 Å². The van der Waals surface area contributed by atoms with Gasteiger partial charge in [-0.25, -0.2) is 29.6 Å². The number of carbonyl (C=O) groups excluding carboxylic acids is 8. The molecular weight excluding hydrogens is 2000 g/mol. The van der Waals surface area contributed by atoms with Gasteiger partial charge in [-0.15, -0.1) is 35.1 Å². The van der Waals surface area contributed by atoms with Crippen molar-refractivity contribution in [2.45, 2.75) is 236 Å². The van der Waals surface area contributed by atoms with Gasteiger partial charge in [0.25, 0.3) is 11.8 Å². The van der Waals surface area contributed by atoms with E-state index in [0.717, 1.165) is 172 Å². The minimum atomic E-state index is -0.896. The van der Waals surface area contributed by atoms with Gasteiger partial charge in [0.05, 0.1) is 110 Å². The summed E-state index contributed by atoms with van der Waals surface area (Å²) in [7, 11) is 0. The highest BCUT2D eigenvalue weighted by Crippen LogP contribution is 2.58. The number of anilines is 2. The molecule has 6 aliphatic heterocycles. The number of rotatable bonds is 31. The van der Waals surface area contributed by atoms with Gasteiger partial charge >= 0.3 is 0 Å². The molecule has 2 aliphatic carbocycles. The number of thiazole rings is 2. The molecule has 8 aromatic rings. The average Bonchev–Trinajstić information content (AvgIpc) is 0.957. The van der Waals surface area contributed by atoms with Crippen LogP contribution in [-0.4, -0.2) is 285 Å². The Kier molecular flexibility index (Phi) is 37.9. The molecule has 8 aliphatic rings. The second kappa shape index (κ2) is 48.9. The Morgan fingerprint density at radius 2 is 0.887 bits per heavy atom. The number of carbonyl (C=O) groups is 8. The van der Waals surface area contributed by atoms with Crippen molar-refractivity contribution in [3.63, 3.8) is 0 Å². The summed E-state index contributed by atoms with van der Waals surface area (Å²) in [5.41, 5.74) is 20.4. The van der Waals surface area contributed by atoms with E-state index in [2.05, 4.69) is 136 Å². The Hall–Kier alpha value is -11.0. The minimum Gasteiger partial charge on any atom is -0.489 e. The van der Waals surface area contributed by atoms with E-state index in [9.17, 15) is 48.6 Å². The standard InChI is InChI=1S/C56H73ClN10O6S.C33H44ClN7O3.C23H32N4O3S.ClH/c1-34(37-11-13-38(14-12-37)47-35(2)60-33-74-47)61-50(71)44-27-40(68)31-67(44)51(72)48(54(3,4)5)62-46(69)32-65-25-23-64(24-26-65)21-19-36-20-22-66(30-36)45-18-15-39(29-59-45)49(70)63-52-55(6,7)53(56(52,8)9)73-41-16-17-43(58-10)42(57)28-41;1-32(2)30(33(3,4)31(32)44-24-7-8-26(36-5)25(34)18-24)38-29(43)23-6-9-28(37-19-23)41-13-11-22(20-41)10-12-39-14-16-40(17-15-39)21-27(35)42;1-13(15-6-8-16(9-7-15)19-14(2)25-12-31-19)26-21(29)18-10-17(28)11-27(18)22(30)20(24)23(3,4)5;/h11-18,28-29,33-34,36,40,44,48,52-53,68H,19-27,30-32H2,1-9H3,(H,61,71)(H,62,69)(H,63,70);6-9,18-19,22,30-31H,10-17,20-21H2,1-4H3,(H2,35,42)(H,38,43);6-9,12-13,17-18,20,28H,10-11,24H2,1-5H3,(H,26,29);1H/t34-,36?,40+,44-,48+,52?,53?;;13-,17+,18-,20+;/m0.0./s1. The molecule has 808 valence electrons. The predicted molar refractivity (Wildman–Crippen MR) is 591 cm³/mol. The largest absolute Gasteiger partial charge is 0.489 e. The number of β-amino-alcohol motifs (C(OH)–C–C–N with tert-alkyl or cyclic N) is 2. The maximum absolute atomic E-state index is 14.3. The molecule has 38 heteroatoms. The summed E-state index contributed by atoms with van der Waals surface area (Å²) >= 11 is 15.7. The van der Waals surface area contributed by atoms with Gasteiger partial charge in [0.1, 0.15) is 53.5 Å². The lowest BCUT2D eigenvalue weighted by molar-refractivity contribution is -0.164. The van der Waals surface area contributed by atoms with Crippen LogP contribution in [0.2, 0.25) is 10.0 Å². The predicted octanol–water partition coefficient (Wildman–Crippen LogP) is 14.8. The normalized spacial score (nSPS) is 23.2. The first kappa shape index (κ1) is 116. The van der Waals surface area contributed by atoms with Gasteiger partial charge in [-0.2, -0.15) is 0 Å². The van der Waals surface area contributed by atoms with Gasteiger partial charge in [0.15, 0.2) is 0 Å². The molecule has 2 saturated carbocycles. The fourth-order valence-electron chi connectivity index (χ4n) is 23.0. The van der Waals surface area contributed by atoms with Crippen LogP contribution in [0, 0.1) is 71.3 Å². The molecule has 2 unspecified atom stereocenters. The summed E-state index contributed by atoms with van der Waals surface area (Å²) in [5, 5.41) is 37.2. The Labute approximate surface area is 907 Å². The van der Waals surface area contributed by atoms with Gasteiger partial charge in [0.2, 0.25) is 46.8 Å². The fourth-order valence-corrected chi connectivity index (χ4v) is 25.1. The van der Waals surface area contributed by atoms with Gasteiger partial charge in [0, 0.05) is 151 Å². The van der Waals surface area contributed by atoms with E-state index in [1.807, 2.05) is 153 Å². The lowest BCUT2D eigenvalue weighted by Crippen LogP contribution is -2.74. The van der Waals surface area contributed by atoms with E-state index in [4.69, 9.17) is 62.3 Å². The van der Waals surface area contributed by atoms with Gasteiger partial charge in [-0.3, -0.25) is 48.2 Å². The number of aryl methyl sites for hydroxylation is 2. The van der Waals surface area contributed by atoms with Crippen LogP contribution in [0.15, 0.2) is 133 Å². The van der Waals surface area contributed by atoms with Gasteiger partial charge < -0.3 is 87.1 Å². The molecule has 6 saturated heterocycles. The number of pyridine rings is 2. The van der Waals surface area contributed by atoms with Crippen molar-refractivity contribution >= 4 is 129 Å². The molecule has 10 atom stereocenters. The van der Waals surface area contributed by atoms with E-state index in [1.165, 1.54) is 9.80 Å². The quantitative estimate of drug-likeness (QED) is 0.0182. The Morgan fingerprint density at radius 1 is 0.507 bits per heavy atom. The van der Waals surface area contributed by atoms with Crippen LogP contribution in [0.5, 0.6) is 11.5 Å². The maximum Gasteiger partial charge on any atom is 0.253 e. The van der Waals surface area contributed by atoms with Crippen molar-refractivity contribution in [1.29, 1.82) is 0 Å². The SMILES string of the molecule is Cc1ncsc1-c1ccc([C@H](C)NC(=O)[C@@H]2C[C@@H](O)CN2C(=O)[C@@H](N)C(C)(C)C)cc1.Cl.[C-]#[N+]c1ccc(OC2C(C)(C)C(NC(=O)c3ccc(N4CCC(CCN5CCN(CC(=O)N[C@H](C(=O)N6C[C@H](O)C[C@H]6C(=O)N[C@@H](C)c6ccc(-c7scnc7C)cc6)C(C)(C)C)CC5)C4)nc3)C2(C)C)cc1Cl.[C-]#[N+]c1ccc(OC2C(C)(C)C(NC(=O)c3ccc(N4CCC(CCN5CCN(CC(N)=O)CC5)C4)nc3)C2(C)C)cc1Cl. The summed E-state index contributed by atoms with van der Waals surface area (Å²) in [5.74, 6) is 1.98. The van der Waals surface area contributed by atoms with Crippen LogP contribution in [0.25, 0.3) is 30.6 Å². The molecule has 8 fully saturated rings. The topological polar surface area (TPSA) is 394 Å². The van der Waals surface area contributed by atoms with E-state index in [0.29, 0.717) is 62.4 Å². The number of aromatic nitrogens is 4. The van der Waals surface area contributed by atoms with Gasteiger partial charge in [-0.05, 0) is 160 Å². The lowest BCUT2D eigenvalue weighted by Gasteiger charge is -2.63. The van der Waals surface area contributed by atoms with Crippen molar-refractivity contribution in [2.24, 2.45) is 55.8 Å². The van der Waals surface area contributed by atoms with Crippen molar-refractivity contribution in [2.75, 3.05) is 128 Å². The second-order valence-corrected chi connectivity index (χ2v) is 48.6. The van der Waals surface area contributed by atoms with Crippen LogP contribution < -0.4 is 57.3 Å². The summed E-state index contributed by atoms with van der Waals surface area (Å²) in [6, 6.07) is 29.8. The van der Waals surface area contributed by atoms with Crippen LogP contribution in [0.3, 0.4) is 0 Å². The van der Waals surface area contributed by atoms with Gasteiger partial charge in [-0.1, -0.05) is 181 Å². The molecule has 0 radical (unpaired) electrons. The van der Waals surface area contributed by atoms with Crippen LogP contribution >= 0.6 is 58.3 Å². The number of amides is 8. The van der Waals surface area contributed by atoms with E-state index >= 15 is 0 Å². The number of nitrogens with zero attached hydrogens (tertiary/aromatic N) is 14. The van der Waals surface area contributed by atoms with Crippen LogP contribution in [-0.2, 0) is 28.8 Å². The fraction of sp³-hybridized carbons (Fsp3) is 0.554. The number of benzene rings is 4. The molecule has 33 nitrogen and oxygen atoms in total. The Bertz CT molecular complexity index is 6120. The lowest BCUT2D eigenvalue weighted by atomic mass is 9.49. The molecule has 4 aromatic carbocycles. The number of nitrogens with two attached hydrogens (primary N) is 2. The molecule has 10 heterocycles. The highest BCUT2D eigenvalue weighted by molar-refractivity contribution is 7.13. The number of primary amides is 1. The van der Waals surface area contributed by atoms with E-state index in [-0.39, 0.29) is 150 Å². The molecule has 11 N–H and O–H groups in total. The van der Waals surface area contributed by atoms with E-state index in [1.54, 1.807) is 71.5 Å². The molecule has 0 bridgehead atoms. The summed E-state index contributed by atoms with van der Waals surface area (Å²) in [6.45, 7) is 63.6. The molecule has 4 aromatic heterocycles. The minimum absolute atomic E-state index is 0. The second-order valence-electron chi connectivity index (χ2n) is 46.1. The summed E-state index contributed by atoms with van der Waals surface area (Å²) in [6.07, 6.45) is 6.11. The number of piperazine rings is 2. The smallest absolute Gasteiger partial charge is 0.253 e. The first-order valence-corrected chi connectivity index (χ1v) is 54.4. The zero-order chi connectivity index (χ0) is 108. The third-order valence-corrected chi connectivity index (χ3v) is 33.9. The van der Waals surface area contributed by atoms with Crippen molar-refractivity contribution in [1.82, 2.24) is 75.9 Å². The number of nitrogens with one attached hydrogen (secondary N) is 5. The first-order chi connectivity index (χ1) is 70.4. The third-order valence-electron chi connectivity index (χ3n) is 31.3. The Morgan fingerprint density at radius 3 is 1.23 bits per heavy atom. The maximum atomic E-state index is 14.3. The Balaban J connectivity index is 0.000000208. The molecule has 150 heavy (non-hydrogen) atoms. The zero-order valence-electron chi connectivity index (χ0n) is 89.6. The number of likely N-dealkylation sites (tertiary alicyclic amines) is 2. The first-order valence-electron chi connectivity index (χ1n) is 51.9. The number of aliphatic hydroxyl groups excluding tert-OH is 2. The number of hydrogen-bond acceptors (Lipinski definition) is 25. The number of hydrogen-bond donors (Lipinski definition) is 9. The summed E-state index contributed by atoms with van der Waals surface area (Å²) < 4.78 is 12.8.